The molecule has 0 radical (unpaired) electrons. The Morgan fingerprint density at radius 2 is 0.718 bits per heavy atom. The predicted molar refractivity (Wildman–Crippen MR) is 180 cm³/mol. The van der Waals surface area contributed by atoms with Gasteiger partial charge >= 0.3 is 17.6 Å². The Morgan fingerprint density at radius 3 is 0.872 bits per heavy atom. The molecule has 0 bridgehead atoms. The molecule has 39 heavy (non-hydrogen) atoms. The average molecular weight is 655 g/mol. The van der Waals surface area contributed by atoms with E-state index in [9.17, 15) is 0 Å². The lowest BCUT2D eigenvalue weighted by Crippen LogP contribution is -2.75. The fourth-order valence-corrected chi connectivity index (χ4v) is 27.1. The van der Waals surface area contributed by atoms with Crippen LogP contribution in [0.3, 0.4) is 0 Å². The van der Waals surface area contributed by atoms with Gasteiger partial charge in [-0.05, 0) is 105 Å². The monoisotopic (exact) mass is 654 g/mol. The smallest absolute Gasteiger partial charge is 0.415 e. The standard InChI is InChI=1S/C26H62O7Si6/c1-19-25(27-21-23(3)4)38(29-34(7,8)9,30-35(10,11)12)33-39(31-36(13,14)15,32-37(16,17)18)26(20-2)28-22-24(5)6/h25-26H,3,5,19-22H2,1-2,4,6-18H3. The van der Waals surface area contributed by atoms with Gasteiger partial charge in [-0.2, -0.15) is 0 Å². The first kappa shape index (κ1) is 39.5. The molecule has 0 aliphatic rings. The Morgan fingerprint density at radius 1 is 0.487 bits per heavy atom. The normalized spacial score (nSPS) is 15.8. The van der Waals surface area contributed by atoms with Gasteiger partial charge in [-0.3, -0.25) is 0 Å². The van der Waals surface area contributed by atoms with E-state index in [2.05, 4.69) is 106 Å². The molecular weight excluding hydrogens is 593 g/mol. The predicted octanol–water partition coefficient (Wildman–Crippen LogP) is 8.11. The summed E-state index contributed by atoms with van der Waals surface area (Å²) < 4.78 is 49.1. The van der Waals surface area contributed by atoms with Crippen molar-refractivity contribution >= 4 is 50.9 Å². The lowest BCUT2D eigenvalue weighted by atomic mass is 10.4. The van der Waals surface area contributed by atoms with Crippen molar-refractivity contribution in [1.29, 1.82) is 0 Å². The SMILES string of the molecule is C=C(C)COC(CC)[Si](O[Si](C)(C)C)(O[Si](C)(C)C)O[Si](O[Si](C)(C)C)(O[Si](C)(C)C)C(CC)OCC(=C)C. The molecular formula is C26H62O7Si6. The van der Waals surface area contributed by atoms with Crippen molar-refractivity contribution in [2.75, 3.05) is 13.2 Å². The van der Waals surface area contributed by atoms with Gasteiger partial charge in [0.05, 0.1) is 13.2 Å². The zero-order valence-electron chi connectivity index (χ0n) is 28.3. The average Bonchev–Trinajstić information content (AvgIpc) is 2.62. The van der Waals surface area contributed by atoms with Gasteiger partial charge in [-0.15, -0.1) is 0 Å². The molecule has 0 N–H and O–H groups in total. The van der Waals surface area contributed by atoms with Crippen molar-refractivity contribution < 1.29 is 30.0 Å². The summed E-state index contributed by atoms with van der Waals surface area (Å²) >= 11 is 0. The molecule has 0 saturated carbocycles. The molecule has 0 spiro atoms. The Hall–Kier alpha value is 0.501. The highest BCUT2D eigenvalue weighted by Crippen LogP contribution is 2.37. The summed E-state index contributed by atoms with van der Waals surface area (Å²) in [6.07, 6.45) is 1.34. The number of hydrogen-bond donors (Lipinski definition) is 0. The van der Waals surface area contributed by atoms with Gasteiger partial charge in [0, 0.05) is 0 Å². The van der Waals surface area contributed by atoms with Crippen molar-refractivity contribution in [2.45, 2.75) is 131 Å². The zero-order valence-corrected chi connectivity index (χ0v) is 34.3. The van der Waals surface area contributed by atoms with E-state index in [0.717, 1.165) is 11.1 Å². The van der Waals surface area contributed by atoms with Gasteiger partial charge in [-0.1, -0.05) is 38.2 Å². The molecule has 0 aliphatic carbocycles. The first-order chi connectivity index (χ1) is 17.3. The molecule has 0 saturated heterocycles. The number of ether oxygens (including phenoxy) is 2. The van der Waals surface area contributed by atoms with E-state index in [4.69, 9.17) is 30.0 Å². The lowest BCUT2D eigenvalue weighted by molar-refractivity contribution is 0.0240. The van der Waals surface area contributed by atoms with Gasteiger partial charge in [0.2, 0.25) is 0 Å². The molecule has 0 aromatic heterocycles. The van der Waals surface area contributed by atoms with E-state index in [1.165, 1.54) is 0 Å². The molecule has 2 atom stereocenters. The first-order valence-corrected chi connectivity index (χ1v) is 31.5. The highest BCUT2D eigenvalue weighted by molar-refractivity contribution is 6.93. The van der Waals surface area contributed by atoms with Crippen LogP contribution in [-0.4, -0.2) is 75.5 Å². The maximum Gasteiger partial charge on any atom is 0.503 e. The molecule has 0 aromatic carbocycles. The fraction of sp³-hybridized carbons (Fsp3) is 0.846. The van der Waals surface area contributed by atoms with Crippen LogP contribution in [-0.2, 0) is 30.0 Å². The second-order valence-corrected chi connectivity index (χ2v) is 39.2. The summed E-state index contributed by atoms with van der Waals surface area (Å²) in [5.41, 5.74) is 1.09. The van der Waals surface area contributed by atoms with E-state index in [0.29, 0.717) is 26.1 Å². The van der Waals surface area contributed by atoms with Crippen LogP contribution in [0.15, 0.2) is 24.3 Å². The molecule has 0 rings (SSSR count). The summed E-state index contributed by atoms with van der Waals surface area (Å²) in [5, 5.41) is 0. The Labute approximate surface area is 248 Å². The summed E-state index contributed by atoms with van der Waals surface area (Å²) in [6, 6.07) is 0. The van der Waals surface area contributed by atoms with Gasteiger partial charge in [0.1, 0.15) is 11.5 Å². The Balaban J connectivity index is 7.57. The molecule has 0 heterocycles. The molecule has 0 amide bonds. The summed E-state index contributed by atoms with van der Waals surface area (Å²) in [5.74, 6) is 0. The Bertz CT molecular complexity index is 686. The quantitative estimate of drug-likeness (QED) is 0.0971. The van der Waals surface area contributed by atoms with E-state index in [-0.39, 0.29) is 0 Å². The third-order valence-corrected chi connectivity index (χ3v) is 24.0. The minimum absolute atomic E-state index is 0.395. The van der Waals surface area contributed by atoms with Gasteiger partial charge in [0.15, 0.2) is 33.3 Å². The minimum Gasteiger partial charge on any atom is -0.415 e. The van der Waals surface area contributed by atoms with E-state index < -0.39 is 62.3 Å². The molecule has 0 fully saturated rings. The molecule has 2 unspecified atom stereocenters. The summed E-state index contributed by atoms with van der Waals surface area (Å²) in [7, 11) is -16.1. The van der Waals surface area contributed by atoms with Gasteiger partial charge in [0.25, 0.3) is 0 Å². The zero-order chi connectivity index (χ0) is 31.1. The fourth-order valence-electron chi connectivity index (χ4n) is 3.85. The summed E-state index contributed by atoms with van der Waals surface area (Å²) in [4.78, 5) is 0. The van der Waals surface area contributed by atoms with Crippen LogP contribution >= 0.6 is 0 Å². The largest absolute Gasteiger partial charge is 0.503 e. The minimum atomic E-state index is -3.62. The molecule has 0 aromatic rings. The van der Waals surface area contributed by atoms with Gasteiger partial charge < -0.3 is 30.0 Å². The lowest BCUT2D eigenvalue weighted by Gasteiger charge is -2.50. The molecule has 7 nitrogen and oxygen atoms in total. The second kappa shape index (κ2) is 15.3. The highest BCUT2D eigenvalue weighted by atomic mass is 28.5. The third kappa shape index (κ3) is 16.1. The Kier molecular flexibility index (Phi) is 15.5. The van der Waals surface area contributed by atoms with Crippen molar-refractivity contribution in [3.63, 3.8) is 0 Å². The van der Waals surface area contributed by atoms with Crippen LogP contribution in [0.5, 0.6) is 0 Å². The van der Waals surface area contributed by atoms with Crippen LogP contribution < -0.4 is 0 Å². The van der Waals surface area contributed by atoms with Crippen molar-refractivity contribution in [3.05, 3.63) is 24.3 Å². The van der Waals surface area contributed by atoms with Crippen LogP contribution in [0.25, 0.3) is 0 Å². The van der Waals surface area contributed by atoms with Crippen LogP contribution in [0.1, 0.15) is 40.5 Å². The van der Waals surface area contributed by atoms with E-state index in [1.54, 1.807) is 0 Å². The molecule has 0 aliphatic heterocycles. The van der Waals surface area contributed by atoms with Crippen LogP contribution in [0.4, 0.5) is 0 Å². The van der Waals surface area contributed by atoms with Crippen molar-refractivity contribution in [2.24, 2.45) is 0 Å². The number of rotatable bonds is 20. The molecule has 232 valence electrons. The maximum atomic E-state index is 7.52. The van der Waals surface area contributed by atoms with Gasteiger partial charge in [-0.25, -0.2) is 0 Å². The number of hydrogen-bond acceptors (Lipinski definition) is 7. The van der Waals surface area contributed by atoms with Crippen LogP contribution in [0, 0.1) is 0 Å². The van der Waals surface area contributed by atoms with Crippen molar-refractivity contribution in [1.82, 2.24) is 0 Å². The molecule has 13 heteroatoms. The van der Waals surface area contributed by atoms with E-state index in [1.807, 2.05) is 13.8 Å². The summed E-state index contributed by atoms with van der Waals surface area (Å²) in [6.45, 7) is 43.2. The topological polar surface area (TPSA) is 64.6 Å². The first-order valence-electron chi connectivity index (χ1n) is 14.3. The van der Waals surface area contributed by atoms with E-state index >= 15 is 0 Å². The maximum absolute atomic E-state index is 7.52. The highest BCUT2D eigenvalue weighted by Gasteiger charge is 2.65. The van der Waals surface area contributed by atoms with Crippen LogP contribution in [0.2, 0.25) is 78.6 Å². The van der Waals surface area contributed by atoms with Crippen molar-refractivity contribution in [3.8, 4) is 0 Å². The second-order valence-electron chi connectivity index (χ2n) is 14.5. The third-order valence-electron chi connectivity index (χ3n) is 4.67.